The van der Waals surface area contributed by atoms with Crippen LogP contribution in [0.15, 0.2) is 0 Å². The van der Waals surface area contributed by atoms with Gasteiger partial charge < -0.3 is 15.5 Å². The molecule has 0 aliphatic carbocycles. The smallest absolute Gasteiger partial charge is 0.327 e. The van der Waals surface area contributed by atoms with Gasteiger partial charge >= 0.3 is 11.9 Å². The molecular formula is C8H13NO5S. The number of carbonyl (C=O) groups excluding carboxylic acids is 1. The number of rotatable bonds is 6. The van der Waals surface area contributed by atoms with Crippen molar-refractivity contribution in [2.75, 3.05) is 5.75 Å². The first kappa shape index (κ1) is 13.8. The molecule has 0 aliphatic heterocycles. The van der Waals surface area contributed by atoms with Gasteiger partial charge in [0, 0.05) is 12.7 Å². The van der Waals surface area contributed by atoms with Crippen LogP contribution in [0.5, 0.6) is 0 Å². The third kappa shape index (κ3) is 5.95. The highest BCUT2D eigenvalue weighted by Gasteiger charge is 2.21. The number of carbonyl (C=O) groups is 3. The van der Waals surface area contributed by atoms with E-state index in [0.29, 0.717) is 0 Å². The molecule has 86 valence electrons. The van der Waals surface area contributed by atoms with E-state index in [2.05, 4.69) is 5.32 Å². The second kappa shape index (κ2) is 6.28. The average molecular weight is 235 g/mol. The number of nitrogens with one attached hydrogen (secondary N) is 1. The molecule has 15 heavy (non-hydrogen) atoms. The van der Waals surface area contributed by atoms with Crippen LogP contribution in [0.1, 0.15) is 13.8 Å². The standard InChI is InChI=1S/C8H13NO5S/c1-4(7(11)12)15-3-6(8(13)14)9-5(2)10/h4,6H,3H2,1-2H3,(H,9,10)(H,11,12)(H,13,14). The molecule has 0 radical (unpaired) electrons. The molecule has 2 atom stereocenters. The number of carboxylic acids is 2. The van der Waals surface area contributed by atoms with Gasteiger partial charge in [-0.2, -0.15) is 0 Å². The molecule has 0 saturated carbocycles. The van der Waals surface area contributed by atoms with Crippen molar-refractivity contribution in [2.45, 2.75) is 25.1 Å². The highest BCUT2D eigenvalue weighted by atomic mass is 32.2. The van der Waals surface area contributed by atoms with E-state index < -0.39 is 29.1 Å². The molecule has 0 bridgehead atoms. The Kier molecular flexibility index (Phi) is 5.76. The monoisotopic (exact) mass is 235 g/mol. The van der Waals surface area contributed by atoms with E-state index in [9.17, 15) is 14.4 Å². The van der Waals surface area contributed by atoms with Gasteiger partial charge in [0.1, 0.15) is 6.04 Å². The summed E-state index contributed by atoms with van der Waals surface area (Å²) in [5.41, 5.74) is 0. The number of amides is 1. The maximum Gasteiger partial charge on any atom is 0.327 e. The molecule has 0 aliphatic rings. The lowest BCUT2D eigenvalue weighted by Gasteiger charge is -2.14. The molecule has 2 unspecified atom stereocenters. The first-order chi connectivity index (χ1) is 6.84. The minimum atomic E-state index is -1.17. The Bertz CT molecular complexity index is 268. The van der Waals surface area contributed by atoms with Crippen molar-refractivity contribution < 1.29 is 24.6 Å². The van der Waals surface area contributed by atoms with Crippen molar-refractivity contribution in [1.29, 1.82) is 0 Å². The zero-order valence-electron chi connectivity index (χ0n) is 8.39. The molecule has 6 nitrogen and oxygen atoms in total. The van der Waals surface area contributed by atoms with Gasteiger partial charge in [-0.3, -0.25) is 9.59 Å². The van der Waals surface area contributed by atoms with E-state index in [4.69, 9.17) is 10.2 Å². The van der Waals surface area contributed by atoms with E-state index >= 15 is 0 Å². The zero-order valence-corrected chi connectivity index (χ0v) is 9.21. The van der Waals surface area contributed by atoms with Gasteiger partial charge in [0.05, 0.1) is 5.25 Å². The van der Waals surface area contributed by atoms with E-state index in [-0.39, 0.29) is 5.75 Å². The normalized spacial score (nSPS) is 14.0. The predicted octanol–water partition coefficient (Wildman–Crippen LogP) is -0.218. The van der Waals surface area contributed by atoms with Crippen LogP contribution >= 0.6 is 11.8 Å². The molecule has 0 rings (SSSR count). The van der Waals surface area contributed by atoms with Crippen LogP contribution in [0.4, 0.5) is 0 Å². The highest BCUT2D eigenvalue weighted by Crippen LogP contribution is 2.12. The fourth-order valence-corrected chi connectivity index (χ4v) is 1.58. The van der Waals surface area contributed by atoms with Gasteiger partial charge in [0.25, 0.3) is 0 Å². The van der Waals surface area contributed by atoms with Gasteiger partial charge in [-0.05, 0) is 6.92 Å². The molecule has 0 aromatic carbocycles. The summed E-state index contributed by atoms with van der Waals surface area (Å²) in [5.74, 6) is -2.60. The lowest BCUT2D eigenvalue weighted by molar-refractivity contribution is -0.141. The first-order valence-electron chi connectivity index (χ1n) is 4.19. The second-order valence-corrected chi connectivity index (χ2v) is 4.28. The van der Waals surface area contributed by atoms with E-state index in [0.717, 1.165) is 11.8 Å². The Morgan fingerprint density at radius 3 is 2.13 bits per heavy atom. The van der Waals surface area contributed by atoms with Crippen molar-refractivity contribution >= 4 is 29.6 Å². The van der Waals surface area contributed by atoms with Gasteiger partial charge in [-0.1, -0.05) is 0 Å². The summed E-state index contributed by atoms with van der Waals surface area (Å²) in [6.07, 6.45) is 0. The SMILES string of the molecule is CC(=O)NC(CSC(C)C(=O)O)C(=O)O. The van der Waals surface area contributed by atoms with Crippen molar-refractivity contribution in [3.05, 3.63) is 0 Å². The molecular weight excluding hydrogens is 222 g/mol. The summed E-state index contributed by atoms with van der Waals surface area (Å²) in [6, 6.07) is -1.05. The average Bonchev–Trinajstić information content (AvgIpc) is 2.10. The van der Waals surface area contributed by atoms with Gasteiger partial charge in [-0.25, -0.2) is 4.79 Å². The molecule has 0 spiro atoms. The lowest BCUT2D eigenvalue weighted by Crippen LogP contribution is -2.42. The molecule has 7 heteroatoms. The Hall–Kier alpha value is -1.24. The first-order valence-corrected chi connectivity index (χ1v) is 5.23. The summed E-state index contributed by atoms with van der Waals surface area (Å²) in [4.78, 5) is 31.7. The third-order valence-corrected chi connectivity index (χ3v) is 2.76. The number of hydrogen-bond acceptors (Lipinski definition) is 4. The zero-order chi connectivity index (χ0) is 12.0. The minimum Gasteiger partial charge on any atom is -0.480 e. The van der Waals surface area contributed by atoms with Crippen LogP contribution in [0.25, 0.3) is 0 Å². The number of carboxylic acid groups (broad SMARTS) is 2. The number of hydrogen-bond donors (Lipinski definition) is 3. The summed E-state index contributed by atoms with van der Waals surface area (Å²) in [7, 11) is 0. The van der Waals surface area contributed by atoms with Crippen LogP contribution in [0.2, 0.25) is 0 Å². The van der Waals surface area contributed by atoms with Crippen LogP contribution in [-0.4, -0.2) is 45.1 Å². The molecule has 0 aromatic rings. The van der Waals surface area contributed by atoms with Gasteiger partial charge in [0.2, 0.25) is 5.91 Å². The van der Waals surface area contributed by atoms with Crippen molar-refractivity contribution in [3.8, 4) is 0 Å². The summed E-state index contributed by atoms with van der Waals surface area (Å²) in [6.45, 7) is 2.67. The third-order valence-electron chi connectivity index (χ3n) is 1.54. The highest BCUT2D eigenvalue weighted by molar-refractivity contribution is 8.00. The molecule has 0 saturated heterocycles. The molecule has 0 aromatic heterocycles. The van der Waals surface area contributed by atoms with Crippen LogP contribution in [0.3, 0.4) is 0 Å². The van der Waals surface area contributed by atoms with Crippen LogP contribution < -0.4 is 5.32 Å². The van der Waals surface area contributed by atoms with Crippen molar-refractivity contribution in [3.63, 3.8) is 0 Å². The minimum absolute atomic E-state index is 0.0301. The number of thioether (sulfide) groups is 1. The Morgan fingerprint density at radius 1 is 1.27 bits per heavy atom. The second-order valence-electron chi connectivity index (χ2n) is 2.91. The predicted molar refractivity (Wildman–Crippen MR) is 54.8 cm³/mol. The maximum atomic E-state index is 10.6. The largest absolute Gasteiger partial charge is 0.480 e. The van der Waals surface area contributed by atoms with Crippen molar-refractivity contribution in [2.24, 2.45) is 0 Å². The molecule has 0 heterocycles. The van der Waals surface area contributed by atoms with E-state index in [1.807, 2.05) is 0 Å². The molecule has 0 fully saturated rings. The summed E-state index contributed by atoms with van der Waals surface area (Å²) < 4.78 is 0. The van der Waals surface area contributed by atoms with Crippen LogP contribution in [0, 0.1) is 0 Å². The Balaban J connectivity index is 4.13. The Morgan fingerprint density at radius 2 is 1.80 bits per heavy atom. The quantitative estimate of drug-likeness (QED) is 0.588. The van der Waals surface area contributed by atoms with Crippen molar-refractivity contribution in [1.82, 2.24) is 5.32 Å². The lowest BCUT2D eigenvalue weighted by atomic mass is 10.3. The van der Waals surface area contributed by atoms with Gasteiger partial charge in [-0.15, -0.1) is 11.8 Å². The van der Waals surface area contributed by atoms with Gasteiger partial charge in [0.15, 0.2) is 0 Å². The van der Waals surface area contributed by atoms with E-state index in [1.54, 1.807) is 0 Å². The fourth-order valence-electron chi connectivity index (χ4n) is 0.732. The van der Waals surface area contributed by atoms with Crippen LogP contribution in [-0.2, 0) is 14.4 Å². The fraction of sp³-hybridized carbons (Fsp3) is 0.625. The molecule has 1 amide bonds. The molecule has 3 N–H and O–H groups in total. The number of aliphatic carboxylic acids is 2. The Labute approximate surface area is 91.0 Å². The maximum absolute atomic E-state index is 10.6. The van der Waals surface area contributed by atoms with E-state index in [1.165, 1.54) is 13.8 Å². The summed E-state index contributed by atoms with van der Waals surface area (Å²) in [5, 5.41) is 18.8. The summed E-state index contributed by atoms with van der Waals surface area (Å²) >= 11 is 0.968. The topological polar surface area (TPSA) is 104 Å².